The van der Waals surface area contributed by atoms with Gasteiger partial charge < -0.3 is 15.5 Å². The fourth-order valence-electron chi connectivity index (χ4n) is 1.11. The van der Waals surface area contributed by atoms with Crippen LogP contribution in [0.2, 0.25) is 0 Å². The van der Waals surface area contributed by atoms with Crippen LogP contribution in [0, 0.1) is 5.41 Å². The number of aromatic carboxylic acids is 1. The third kappa shape index (κ3) is 3.20. The first kappa shape index (κ1) is 12.4. The van der Waals surface area contributed by atoms with Crippen molar-refractivity contribution >= 4 is 11.7 Å². The van der Waals surface area contributed by atoms with Crippen LogP contribution in [-0.2, 0) is 0 Å². The number of rotatable bonds is 5. The van der Waals surface area contributed by atoms with E-state index < -0.39 is 5.97 Å². The Bertz CT molecular complexity index is 377. The maximum atomic E-state index is 10.9. The summed E-state index contributed by atoms with van der Waals surface area (Å²) in [5.74, 6) is -1.02. The van der Waals surface area contributed by atoms with Crippen LogP contribution >= 0.6 is 0 Å². The van der Waals surface area contributed by atoms with Gasteiger partial charge in [0.05, 0.1) is 5.69 Å². The van der Waals surface area contributed by atoms with Crippen LogP contribution in [0.1, 0.15) is 24.2 Å². The highest BCUT2D eigenvalue weighted by atomic mass is 16.4. The summed E-state index contributed by atoms with van der Waals surface area (Å²) in [5, 5.41) is 21.0. The highest BCUT2D eigenvalue weighted by molar-refractivity contribution is 5.93. The molecule has 0 bridgehead atoms. The van der Waals surface area contributed by atoms with Crippen LogP contribution in [0.3, 0.4) is 0 Å². The lowest BCUT2D eigenvalue weighted by Gasteiger charge is -2.23. The van der Waals surface area contributed by atoms with Gasteiger partial charge in [-0.15, -0.1) is 0 Å². The molecule has 0 fully saturated rings. The van der Waals surface area contributed by atoms with Gasteiger partial charge in [0.25, 0.3) is 0 Å². The van der Waals surface area contributed by atoms with E-state index in [9.17, 15) is 4.79 Å². The van der Waals surface area contributed by atoms with Gasteiger partial charge >= 0.3 is 5.97 Å². The molecule has 0 aliphatic heterocycles. The smallest absolute Gasteiger partial charge is 0.339 e. The van der Waals surface area contributed by atoms with Gasteiger partial charge in [0.2, 0.25) is 0 Å². The Labute approximate surface area is 94.1 Å². The maximum Gasteiger partial charge on any atom is 0.339 e. The molecule has 0 aliphatic rings. The normalized spacial score (nSPS) is 11.2. The second-order valence-electron chi connectivity index (χ2n) is 4.40. The molecular formula is C11H16N2O3. The maximum absolute atomic E-state index is 10.9. The summed E-state index contributed by atoms with van der Waals surface area (Å²) >= 11 is 0. The number of carbonyl (C=O) groups is 1. The average molecular weight is 224 g/mol. The second-order valence-corrected chi connectivity index (χ2v) is 4.40. The van der Waals surface area contributed by atoms with Crippen molar-refractivity contribution in [3.8, 4) is 0 Å². The van der Waals surface area contributed by atoms with Crippen molar-refractivity contribution in [1.82, 2.24) is 4.98 Å². The first-order valence-electron chi connectivity index (χ1n) is 4.98. The molecule has 1 aromatic rings. The molecule has 0 atom stereocenters. The summed E-state index contributed by atoms with van der Waals surface area (Å²) in [6.07, 6.45) is 2.83. The molecule has 3 N–H and O–H groups in total. The Morgan fingerprint density at radius 1 is 1.56 bits per heavy atom. The van der Waals surface area contributed by atoms with Crippen molar-refractivity contribution < 1.29 is 15.0 Å². The number of hydrogen-bond acceptors (Lipinski definition) is 4. The zero-order valence-electron chi connectivity index (χ0n) is 9.40. The molecule has 0 aliphatic carbocycles. The van der Waals surface area contributed by atoms with Crippen molar-refractivity contribution in [1.29, 1.82) is 0 Å². The first-order valence-corrected chi connectivity index (χ1v) is 4.98. The number of aliphatic hydroxyl groups is 1. The zero-order chi connectivity index (χ0) is 12.2. The van der Waals surface area contributed by atoms with E-state index in [4.69, 9.17) is 10.2 Å². The van der Waals surface area contributed by atoms with Gasteiger partial charge in [-0.2, -0.15) is 0 Å². The highest BCUT2D eigenvalue weighted by Crippen LogP contribution is 2.18. The number of anilines is 1. The van der Waals surface area contributed by atoms with Crippen LogP contribution in [0.4, 0.5) is 5.69 Å². The van der Waals surface area contributed by atoms with Gasteiger partial charge in [0, 0.05) is 31.0 Å². The summed E-state index contributed by atoms with van der Waals surface area (Å²) in [7, 11) is 0. The van der Waals surface area contributed by atoms with E-state index in [1.54, 1.807) is 6.07 Å². The average Bonchev–Trinajstić information content (AvgIpc) is 2.27. The number of carboxylic acids is 1. The van der Waals surface area contributed by atoms with Gasteiger partial charge in [-0.25, -0.2) is 4.79 Å². The molecule has 0 aromatic carbocycles. The molecule has 1 heterocycles. The predicted octanol–water partition coefficient (Wildman–Crippen LogP) is 1.21. The molecule has 1 aromatic heterocycles. The minimum absolute atomic E-state index is 0.0352. The molecule has 0 saturated heterocycles. The fourth-order valence-corrected chi connectivity index (χ4v) is 1.11. The van der Waals surface area contributed by atoms with Crippen LogP contribution in [0.5, 0.6) is 0 Å². The number of aliphatic hydroxyl groups excluding tert-OH is 1. The molecule has 0 radical (unpaired) electrons. The molecule has 0 spiro atoms. The molecule has 5 nitrogen and oxygen atoms in total. The second kappa shape index (κ2) is 4.94. The molecule has 88 valence electrons. The van der Waals surface area contributed by atoms with E-state index in [0.29, 0.717) is 12.2 Å². The molecule has 0 unspecified atom stereocenters. The van der Waals surface area contributed by atoms with Gasteiger partial charge in [-0.1, -0.05) is 13.8 Å². The summed E-state index contributed by atoms with van der Waals surface area (Å²) in [6.45, 7) is 4.31. The Morgan fingerprint density at radius 2 is 2.25 bits per heavy atom. The summed E-state index contributed by atoms with van der Waals surface area (Å²) < 4.78 is 0. The van der Waals surface area contributed by atoms with E-state index in [1.807, 2.05) is 13.8 Å². The Hall–Kier alpha value is -1.62. The van der Waals surface area contributed by atoms with Crippen LogP contribution in [0.25, 0.3) is 0 Å². The standard InChI is InChI=1S/C11H16N2O3/c1-11(2,7-14)6-13-9-3-4-12-5-8(9)10(15)16/h3-5,14H,6-7H2,1-2H3,(H,12,13)(H,15,16). The topological polar surface area (TPSA) is 82.5 Å². The van der Waals surface area contributed by atoms with Crippen molar-refractivity contribution in [3.63, 3.8) is 0 Å². The highest BCUT2D eigenvalue weighted by Gasteiger charge is 2.17. The van der Waals surface area contributed by atoms with Gasteiger partial charge in [-0.05, 0) is 6.07 Å². The number of pyridine rings is 1. The van der Waals surface area contributed by atoms with Crippen molar-refractivity contribution in [2.75, 3.05) is 18.5 Å². The summed E-state index contributed by atoms with van der Waals surface area (Å²) in [6, 6.07) is 1.61. The van der Waals surface area contributed by atoms with Crippen LogP contribution < -0.4 is 5.32 Å². The number of aromatic nitrogens is 1. The monoisotopic (exact) mass is 224 g/mol. The van der Waals surface area contributed by atoms with Crippen LogP contribution in [-0.4, -0.2) is 34.3 Å². The Morgan fingerprint density at radius 3 is 2.81 bits per heavy atom. The number of carboxylic acid groups (broad SMARTS) is 1. The fraction of sp³-hybridized carbons (Fsp3) is 0.455. The lowest BCUT2D eigenvalue weighted by atomic mass is 9.95. The number of nitrogens with zero attached hydrogens (tertiary/aromatic N) is 1. The van der Waals surface area contributed by atoms with E-state index in [2.05, 4.69) is 10.3 Å². The third-order valence-corrected chi connectivity index (χ3v) is 2.24. The lowest BCUT2D eigenvalue weighted by molar-refractivity contribution is 0.0697. The molecule has 5 heteroatoms. The zero-order valence-corrected chi connectivity index (χ0v) is 9.40. The number of hydrogen-bond donors (Lipinski definition) is 3. The molecular weight excluding hydrogens is 208 g/mol. The van der Waals surface area contributed by atoms with Crippen molar-refractivity contribution in [3.05, 3.63) is 24.0 Å². The van der Waals surface area contributed by atoms with E-state index in [1.165, 1.54) is 12.4 Å². The Kier molecular flexibility index (Phi) is 3.84. The minimum Gasteiger partial charge on any atom is -0.478 e. The van der Waals surface area contributed by atoms with Gasteiger partial charge in [0.15, 0.2) is 0 Å². The third-order valence-electron chi connectivity index (χ3n) is 2.24. The van der Waals surface area contributed by atoms with Crippen LogP contribution in [0.15, 0.2) is 18.5 Å². The number of nitrogens with one attached hydrogen (secondary N) is 1. The van der Waals surface area contributed by atoms with E-state index >= 15 is 0 Å². The molecule has 16 heavy (non-hydrogen) atoms. The van der Waals surface area contributed by atoms with Gasteiger partial charge in [-0.3, -0.25) is 4.98 Å². The van der Waals surface area contributed by atoms with Crippen molar-refractivity contribution in [2.24, 2.45) is 5.41 Å². The minimum atomic E-state index is -1.02. The van der Waals surface area contributed by atoms with E-state index in [0.717, 1.165) is 0 Å². The SMILES string of the molecule is CC(C)(CO)CNc1ccncc1C(=O)O. The first-order chi connectivity index (χ1) is 7.46. The quantitative estimate of drug-likeness (QED) is 0.700. The van der Waals surface area contributed by atoms with Crippen molar-refractivity contribution in [2.45, 2.75) is 13.8 Å². The summed E-state index contributed by atoms with van der Waals surface area (Å²) in [4.78, 5) is 14.6. The Balaban J connectivity index is 2.78. The predicted molar refractivity (Wildman–Crippen MR) is 60.6 cm³/mol. The molecule has 1 rings (SSSR count). The molecule has 0 amide bonds. The molecule has 0 saturated carbocycles. The van der Waals surface area contributed by atoms with Gasteiger partial charge in [0.1, 0.15) is 5.56 Å². The van der Waals surface area contributed by atoms with E-state index in [-0.39, 0.29) is 17.6 Å². The largest absolute Gasteiger partial charge is 0.478 e. The summed E-state index contributed by atoms with van der Waals surface area (Å²) in [5.41, 5.74) is 0.360. The lowest BCUT2D eigenvalue weighted by Crippen LogP contribution is -2.27.